The Labute approximate surface area is 206 Å². The summed E-state index contributed by atoms with van der Waals surface area (Å²) in [5.74, 6) is 0.500. The maximum Gasteiger partial charge on any atom is 0.251 e. The number of carbonyl (C=O) groups is 1. The Morgan fingerprint density at radius 2 is 1.57 bits per heavy atom. The van der Waals surface area contributed by atoms with Gasteiger partial charge in [-0.2, -0.15) is 0 Å². The van der Waals surface area contributed by atoms with Crippen LogP contribution in [0.15, 0.2) is 91.0 Å². The molecule has 0 aliphatic rings. The molecule has 35 heavy (non-hydrogen) atoms. The van der Waals surface area contributed by atoms with Crippen LogP contribution in [0.1, 0.15) is 28.4 Å². The number of sulfonamides is 1. The van der Waals surface area contributed by atoms with Gasteiger partial charge in [-0.25, -0.2) is 8.42 Å². The molecule has 0 spiro atoms. The van der Waals surface area contributed by atoms with Crippen LogP contribution in [0, 0.1) is 0 Å². The quantitative estimate of drug-likeness (QED) is 0.354. The van der Waals surface area contributed by atoms with Gasteiger partial charge in [0.05, 0.1) is 25.1 Å². The SMILES string of the molecule is CCOc1ccc(N(Cc2ccc(C(=O)NCc3cccc4ccccc34)cc2)S(C)(=O)=O)cc1. The average Bonchev–Trinajstić information content (AvgIpc) is 2.86. The Bertz CT molecular complexity index is 1410. The number of ether oxygens (including phenoxy) is 1. The molecule has 0 aliphatic carbocycles. The highest BCUT2D eigenvalue weighted by Crippen LogP contribution is 2.24. The number of nitrogens with zero attached hydrogens (tertiary/aromatic N) is 1. The van der Waals surface area contributed by atoms with Crippen LogP contribution in [0.25, 0.3) is 10.8 Å². The van der Waals surface area contributed by atoms with Gasteiger partial charge in [-0.15, -0.1) is 0 Å². The first-order valence-corrected chi connectivity index (χ1v) is 13.2. The van der Waals surface area contributed by atoms with Crippen molar-refractivity contribution in [3.63, 3.8) is 0 Å². The molecule has 0 fully saturated rings. The van der Waals surface area contributed by atoms with E-state index in [2.05, 4.69) is 5.32 Å². The summed E-state index contributed by atoms with van der Waals surface area (Å²) in [6.07, 6.45) is 1.18. The van der Waals surface area contributed by atoms with Crippen LogP contribution < -0.4 is 14.4 Å². The van der Waals surface area contributed by atoms with Crippen LogP contribution in [-0.2, 0) is 23.1 Å². The molecule has 4 rings (SSSR count). The Kier molecular flexibility index (Phi) is 7.36. The van der Waals surface area contributed by atoms with Crippen molar-refractivity contribution in [2.75, 3.05) is 17.2 Å². The first-order valence-electron chi connectivity index (χ1n) is 11.4. The third-order valence-electron chi connectivity index (χ3n) is 5.70. The van der Waals surface area contributed by atoms with E-state index in [1.807, 2.05) is 49.4 Å². The molecule has 0 atom stereocenters. The first kappa shape index (κ1) is 24.3. The molecule has 0 radical (unpaired) electrons. The third-order valence-corrected chi connectivity index (χ3v) is 6.84. The minimum absolute atomic E-state index is 0.157. The molecule has 0 saturated heterocycles. The predicted octanol–water partition coefficient (Wildman–Crippen LogP) is 5.13. The number of benzene rings is 4. The Morgan fingerprint density at radius 1 is 0.886 bits per heavy atom. The summed E-state index contributed by atoms with van der Waals surface area (Å²) in [5, 5.41) is 5.22. The molecule has 7 heteroatoms. The number of hydrogen-bond acceptors (Lipinski definition) is 4. The maximum atomic E-state index is 12.7. The summed E-state index contributed by atoms with van der Waals surface area (Å²) in [6.45, 7) is 3.01. The highest BCUT2D eigenvalue weighted by molar-refractivity contribution is 7.92. The second kappa shape index (κ2) is 10.6. The van der Waals surface area contributed by atoms with E-state index in [1.54, 1.807) is 48.5 Å². The number of rotatable bonds is 9. The Hall–Kier alpha value is -3.84. The van der Waals surface area contributed by atoms with Crippen molar-refractivity contribution < 1.29 is 17.9 Å². The molecule has 0 saturated carbocycles. The van der Waals surface area contributed by atoms with E-state index in [0.717, 1.165) is 21.9 Å². The van der Waals surface area contributed by atoms with Crippen molar-refractivity contribution in [1.29, 1.82) is 0 Å². The van der Waals surface area contributed by atoms with Gasteiger partial charge in [0.1, 0.15) is 5.75 Å². The average molecular weight is 489 g/mol. The normalized spacial score (nSPS) is 11.3. The maximum absolute atomic E-state index is 12.7. The van der Waals surface area contributed by atoms with Crippen molar-refractivity contribution in [2.45, 2.75) is 20.0 Å². The second-order valence-electron chi connectivity index (χ2n) is 8.21. The number of hydrogen-bond donors (Lipinski definition) is 1. The van der Waals surface area contributed by atoms with Gasteiger partial charge in [-0.3, -0.25) is 9.10 Å². The highest BCUT2D eigenvalue weighted by Gasteiger charge is 2.18. The first-order chi connectivity index (χ1) is 16.8. The van der Waals surface area contributed by atoms with Crippen LogP contribution in [0.3, 0.4) is 0 Å². The second-order valence-corrected chi connectivity index (χ2v) is 10.1. The zero-order valence-corrected chi connectivity index (χ0v) is 20.6. The number of fused-ring (bicyclic) bond motifs is 1. The summed E-state index contributed by atoms with van der Waals surface area (Å²) >= 11 is 0. The summed E-state index contributed by atoms with van der Waals surface area (Å²) < 4.78 is 31.7. The zero-order valence-electron chi connectivity index (χ0n) is 19.8. The van der Waals surface area contributed by atoms with Crippen molar-refractivity contribution in [1.82, 2.24) is 5.32 Å². The van der Waals surface area contributed by atoms with E-state index >= 15 is 0 Å². The summed E-state index contributed by atoms with van der Waals surface area (Å²) in [7, 11) is -3.51. The van der Waals surface area contributed by atoms with Gasteiger partial charge in [0.2, 0.25) is 10.0 Å². The lowest BCUT2D eigenvalue weighted by Gasteiger charge is -2.23. The van der Waals surface area contributed by atoms with Crippen LogP contribution in [0.2, 0.25) is 0 Å². The van der Waals surface area contributed by atoms with E-state index < -0.39 is 10.0 Å². The summed E-state index contributed by atoms with van der Waals surface area (Å²) in [6, 6.07) is 28.0. The molecule has 4 aromatic carbocycles. The monoisotopic (exact) mass is 488 g/mol. The fourth-order valence-electron chi connectivity index (χ4n) is 3.93. The molecule has 0 bridgehead atoms. The van der Waals surface area contributed by atoms with Gasteiger partial charge in [-0.1, -0.05) is 54.6 Å². The van der Waals surface area contributed by atoms with E-state index in [4.69, 9.17) is 4.74 Å². The van der Waals surface area contributed by atoms with Gasteiger partial charge in [0, 0.05) is 12.1 Å². The summed E-state index contributed by atoms with van der Waals surface area (Å²) in [5.41, 5.74) is 2.89. The molecule has 6 nitrogen and oxygen atoms in total. The number of carbonyl (C=O) groups excluding carboxylic acids is 1. The molecular weight excluding hydrogens is 460 g/mol. The van der Waals surface area contributed by atoms with Crippen LogP contribution >= 0.6 is 0 Å². The molecular formula is C28H28N2O4S. The minimum Gasteiger partial charge on any atom is -0.494 e. The molecule has 1 amide bonds. The fourth-order valence-corrected chi connectivity index (χ4v) is 4.82. The standard InChI is InChI=1S/C28H28N2O4S/c1-3-34-26-17-15-25(16-18-26)30(35(2,32)33)20-21-11-13-23(14-12-21)28(31)29-19-24-9-6-8-22-7-4-5-10-27(22)24/h4-18H,3,19-20H2,1-2H3,(H,29,31). The van der Waals surface area contributed by atoms with E-state index in [-0.39, 0.29) is 12.5 Å². The minimum atomic E-state index is -3.51. The lowest BCUT2D eigenvalue weighted by molar-refractivity contribution is 0.0951. The highest BCUT2D eigenvalue weighted by atomic mass is 32.2. The van der Waals surface area contributed by atoms with Gasteiger partial charge in [0.25, 0.3) is 5.91 Å². The largest absolute Gasteiger partial charge is 0.494 e. The van der Waals surface area contributed by atoms with Crippen LogP contribution in [-0.4, -0.2) is 27.2 Å². The molecule has 4 aromatic rings. The van der Waals surface area contributed by atoms with E-state index in [0.29, 0.717) is 30.2 Å². The Balaban J connectivity index is 1.44. The van der Waals surface area contributed by atoms with Crippen molar-refractivity contribution in [2.24, 2.45) is 0 Å². The number of amides is 1. The number of anilines is 1. The number of nitrogens with one attached hydrogen (secondary N) is 1. The summed E-state index contributed by atoms with van der Waals surface area (Å²) in [4.78, 5) is 12.7. The Morgan fingerprint density at radius 3 is 2.26 bits per heavy atom. The van der Waals surface area contributed by atoms with Crippen molar-refractivity contribution in [3.05, 3.63) is 108 Å². The zero-order chi connectivity index (χ0) is 24.8. The molecule has 0 heterocycles. The van der Waals surface area contributed by atoms with Crippen molar-refractivity contribution in [3.8, 4) is 5.75 Å². The van der Waals surface area contributed by atoms with Crippen LogP contribution in [0.5, 0.6) is 5.75 Å². The lowest BCUT2D eigenvalue weighted by Crippen LogP contribution is -2.29. The third kappa shape index (κ3) is 6.00. The van der Waals surface area contributed by atoms with Gasteiger partial charge < -0.3 is 10.1 Å². The molecule has 1 N–H and O–H groups in total. The molecule has 0 aliphatic heterocycles. The topological polar surface area (TPSA) is 75.7 Å². The molecule has 0 aromatic heterocycles. The predicted molar refractivity (Wildman–Crippen MR) is 140 cm³/mol. The van der Waals surface area contributed by atoms with E-state index in [1.165, 1.54) is 10.6 Å². The fraction of sp³-hybridized carbons (Fsp3) is 0.179. The smallest absolute Gasteiger partial charge is 0.251 e. The van der Waals surface area contributed by atoms with Gasteiger partial charge in [-0.05, 0) is 65.2 Å². The van der Waals surface area contributed by atoms with Gasteiger partial charge in [0.15, 0.2) is 0 Å². The van der Waals surface area contributed by atoms with Gasteiger partial charge >= 0.3 is 0 Å². The lowest BCUT2D eigenvalue weighted by atomic mass is 10.0. The van der Waals surface area contributed by atoms with E-state index in [9.17, 15) is 13.2 Å². The van der Waals surface area contributed by atoms with Crippen LogP contribution in [0.4, 0.5) is 5.69 Å². The van der Waals surface area contributed by atoms with Crippen molar-refractivity contribution >= 4 is 32.4 Å². The molecule has 0 unspecified atom stereocenters. The molecule has 180 valence electrons.